The van der Waals surface area contributed by atoms with Gasteiger partial charge in [0.15, 0.2) is 5.96 Å². The van der Waals surface area contributed by atoms with Crippen molar-refractivity contribution >= 4 is 5.96 Å². The van der Waals surface area contributed by atoms with Gasteiger partial charge in [0.2, 0.25) is 0 Å². The Kier molecular flexibility index (Phi) is 10.6. The average Bonchev–Trinajstić information content (AvgIpc) is 3.21. The Hall–Kier alpha value is -0.850. The van der Waals surface area contributed by atoms with Crippen molar-refractivity contribution in [1.29, 1.82) is 0 Å². The molecule has 3 fully saturated rings. The van der Waals surface area contributed by atoms with E-state index in [9.17, 15) is 0 Å². The summed E-state index contributed by atoms with van der Waals surface area (Å²) in [5.41, 5.74) is 0. The summed E-state index contributed by atoms with van der Waals surface area (Å²) in [7, 11) is 1.87. The monoisotopic (exact) mass is 408 g/mol. The molecular formula is C23H44N4O2. The van der Waals surface area contributed by atoms with Crippen LogP contribution in [-0.2, 0) is 9.47 Å². The van der Waals surface area contributed by atoms with E-state index in [0.29, 0.717) is 12.0 Å². The van der Waals surface area contributed by atoms with Crippen molar-refractivity contribution in [2.45, 2.75) is 70.3 Å². The van der Waals surface area contributed by atoms with Gasteiger partial charge in [0.05, 0.1) is 0 Å². The van der Waals surface area contributed by atoms with E-state index >= 15 is 0 Å². The van der Waals surface area contributed by atoms with Crippen molar-refractivity contribution in [3.05, 3.63) is 0 Å². The van der Waals surface area contributed by atoms with Gasteiger partial charge in [-0.05, 0) is 63.3 Å². The van der Waals surface area contributed by atoms with Crippen LogP contribution < -0.4 is 10.6 Å². The van der Waals surface area contributed by atoms with E-state index in [1.807, 2.05) is 7.05 Å². The number of guanidine groups is 1. The number of nitrogens with zero attached hydrogens (tertiary/aromatic N) is 2. The van der Waals surface area contributed by atoms with Gasteiger partial charge in [0.25, 0.3) is 0 Å². The van der Waals surface area contributed by atoms with Crippen molar-refractivity contribution < 1.29 is 9.47 Å². The molecule has 0 radical (unpaired) electrons. The molecule has 0 aromatic heterocycles. The topological polar surface area (TPSA) is 58.1 Å². The maximum Gasteiger partial charge on any atom is 0.191 e. The number of likely N-dealkylation sites (tertiary alicyclic amines) is 1. The molecule has 2 N–H and O–H groups in total. The highest BCUT2D eigenvalue weighted by Gasteiger charge is 2.27. The molecule has 6 nitrogen and oxygen atoms in total. The minimum absolute atomic E-state index is 0.665. The summed E-state index contributed by atoms with van der Waals surface area (Å²) in [6, 6.07) is 0.665. The number of hydrogen-bond donors (Lipinski definition) is 2. The van der Waals surface area contributed by atoms with E-state index in [1.165, 1.54) is 58.0 Å². The van der Waals surface area contributed by atoms with Crippen LogP contribution in [0.2, 0.25) is 0 Å². The van der Waals surface area contributed by atoms with Crippen molar-refractivity contribution in [3.8, 4) is 0 Å². The minimum atomic E-state index is 0.665. The number of hydrogen-bond acceptors (Lipinski definition) is 4. The molecule has 2 saturated heterocycles. The van der Waals surface area contributed by atoms with E-state index in [4.69, 9.17) is 9.47 Å². The molecule has 0 aromatic carbocycles. The highest BCUT2D eigenvalue weighted by atomic mass is 16.5. The number of ether oxygens (including phenoxy) is 2. The maximum absolute atomic E-state index is 5.85. The lowest BCUT2D eigenvalue weighted by Gasteiger charge is -2.31. The van der Waals surface area contributed by atoms with E-state index in [-0.39, 0.29) is 0 Å². The maximum atomic E-state index is 5.85. The molecule has 6 heteroatoms. The van der Waals surface area contributed by atoms with Gasteiger partial charge in [-0.25, -0.2) is 0 Å². The van der Waals surface area contributed by atoms with Crippen molar-refractivity contribution in [1.82, 2.24) is 15.5 Å². The van der Waals surface area contributed by atoms with E-state index in [2.05, 4.69) is 20.5 Å². The molecular weight excluding hydrogens is 364 g/mol. The van der Waals surface area contributed by atoms with Gasteiger partial charge in [0.1, 0.15) is 0 Å². The summed E-state index contributed by atoms with van der Waals surface area (Å²) in [6.45, 7) is 8.00. The van der Waals surface area contributed by atoms with Gasteiger partial charge >= 0.3 is 0 Å². The predicted molar refractivity (Wildman–Crippen MR) is 120 cm³/mol. The molecule has 168 valence electrons. The Morgan fingerprint density at radius 2 is 1.83 bits per heavy atom. The van der Waals surface area contributed by atoms with Crippen LogP contribution >= 0.6 is 0 Å². The summed E-state index contributed by atoms with van der Waals surface area (Å²) >= 11 is 0. The first-order valence-electron chi connectivity index (χ1n) is 12.2. The number of rotatable bonds is 10. The first kappa shape index (κ1) is 22.8. The Labute approximate surface area is 178 Å². The van der Waals surface area contributed by atoms with E-state index in [0.717, 1.165) is 70.7 Å². The summed E-state index contributed by atoms with van der Waals surface area (Å²) in [4.78, 5) is 7.14. The smallest absolute Gasteiger partial charge is 0.191 e. The minimum Gasteiger partial charge on any atom is -0.381 e. The molecule has 1 atom stereocenters. The van der Waals surface area contributed by atoms with E-state index in [1.54, 1.807) is 0 Å². The van der Waals surface area contributed by atoms with Crippen LogP contribution in [-0.4, -0.2) is 76.6 Å². The first-order valence-corrected chi connectivity index (χ1v) is 12.2. The van der Waals surface area contributed by atoms with Crippen molar-refractivity contribution in [2.75, 3.05) is 59.7 Å². The molecule has 1 unspecified atom stereocenters. The summed E-state index contributed by atoms with van der Waals surface area (Å²) in [6.07, 6.45) is 13.2. The third kappa shape index (κ3) is 8.42. The number of nitrogens with one attached hydrogen (secondary N) is 2. The van der Waals surface area contributed by atoms with Crippen LogP contribution in [0.1, 0.15) is 64.2 Å². The number of aliphatic imine (C=N–C) groups is 1. The lowest BCUT2D eigenvalue weighted by atomic mass is 9.89. The fraction of sp³-hybridized carbons (Fsp3) is 0.957. The molecule has 3 rings (SSSR count). The molecule has 0 bridgehead atoms. The molecule has 0 spiro atoms. The quantitative estimate of drug-likeness (QED) is 0.331. The first-order chi connectivity index (χ1) is 14.3. The third-order valence-electron chi connectivity index (χ3n) is 6.90. The van der Waals surface area contributed by atoms with Crippen LogP contribution in [0.5, 0.6) is 0 Å². The van der Waals surface area contributed by atoms with Gasteiger partial charge in [-0.1, -0.05) is 19.3 Å². The Morgan fingerprint density at radius 1 is 1.00 bits per heavy atom. The van der Waals surface area contributed by atoms with Gasteiger partial charge in [-0.2, -0.15) is 0 Å². The highest BCUT2D eigenvalue weighted by Crippen LogP contribution is 2.27. The Morgan fingerprint density at radius 3 is 2.62 bits per heavy atom. The largest absolute Gasteiger partial charge is 0.381 e. The van der Waals surface area contributed by atoms with Crippen molar-refractivity contribution in [3.63, 3.8) is 0 Å². The fourth-order valence-corrected chi connectivity index (χ4v) is 5.05. The van der Waals surface area contributed by atoms with Gasteiger partial charge in [-0.3, -0.25) is 9.89 Å². The third-order valence-corrected chi connectivity index (χ3v) is 6.90. The fourth-order valence-electron chi connectivity index (χ4n) is 5.05. The zero-order valence-electron chi connectivity index (χ0n) is 18.7. The van der Waals surface area contributed by atoms with Crippen LogP contribution in [0.15, 0.2) is 4.99 Å². The SMILES string of the molecule is CN=C(NCCCOCC1CCOCC1)NCC1CCCN1CC1CCCCC1. The van der Waals surface area contributed by atoms with Crippen LogP contribution in [0, 0.1) is 11.8 Å². The second kappa shape index (κ2) is 13.5. The van der Waals surface area contributed by atoms with E-state index < -0.39 is 0 Å². The molecule has 29 heavy (non-hydrogen) atoms. The predicted octanol–water partition coefficient (Wildman–Crippen LogP) is 3.03. The summed E-state index contributed by atoms with van der Waals surface area (Å²) in [5, 5.41) is 7.01. The van der Waals surface area contributed by atoms with Crippen molar-refractivity contribution in [2.24, 2.45) is 16.8 Å². The Balaban J connectivity index is 1.24. The molecule has 1 aliphatic carbocycles. The molecule has 1 saturated carbocycles. The molecule has 3 aliphatic rings. The average molecular weight is 409 g/mol. The second-order valence-electron chi connectivity index (χ2n) is 9.16. The van der Waals surface area contributed by atoms with Crippen LogP contribution in [0.25, 0.3) is 0 Å². The van der Waals surface area contributed by atoms with Crippen LogP contribution in [0.3, 0.4) is 0 Å². The lowest BCUT2D eigenvalue weighted by molar-refractivity contribution is 0.0203. The summed E-state index contributed by atoms with van der Waals surface area (Å²) in [5.74, 6) is 2.55. The second-order valence-corrected chi connectivity index (χ2v) is 9.16. The zero-order valence-corrected chi connectivity index (χ0v) is 18.7. The lowest BCUT2D eigenvalue weighted by Crippen LogP contribution is -2.46. The van der Waals surface area contributed by atoms with Crippen LogP contribution in [0.4, 0.5) is 0 Å². The molecule has 2 aliphatic heterocycles. The Bertz CT molecular complexity index is 462. The van der Waals surface area contributed by atoms with Gasteiger partial charge < -0.3 is 20.1 Å². The zero-order chi connectivity index (χ0) is 20.2. The van der Waals surface area contributed by atoms with Gasteiger partial charge in [-0.15, -0.1) is 0 Å². The molecule has 0 aromatic rings. The van der Waals surface area contributed by atoms with Gasteiger partial charge in [0, 0.05) is 59.2 Å². The molecule has 0 amide bonds. The standard InChI is InChI=1S/C23H44N4O2/c1-24-23(25-12-6-14-29-19-21-10-15-28-16-11-21)26-17-22-9-5-13-27(22)18-20-7-3-2-4-8-20/h20-22H,2-19H2,1H3,(H2,24,25,26). The molecule has 2 heterocycles. The highest BCUT2D eigenvalue weighted by molar-refractivity contribution is 5.79. The summed E-state index contributed by atoms with van der Waals surface area (Å²) < 4.78 is 11.3. The normalized spacial score (nSPS) is 25.4.